The molecule has 0 aliphatic carbocycles. The standard InChI is InChI=1S/C21H19FN6O/c1-12-8-16-15(19(24)29)6-3-7-18(16)28(12)21-26-11-17(23)20(27-21)25-10-13-4-2-5-14(22)9-13/h2-9,11H,10,23H2,1H3,(H2,24,29)(H,25,26,27). The molecule has 2 heterocycles. The quantitative estimate of drug-likeness (QED) is 0.485. The molecule has 0 spiro atoms. The number of rotatable bonds is 5. The molecule has 29 heavy (non-hydrogen) atoms. The van der Waals surface area contributed by atoms with Crippen LogP contribution in [0.25, 0.3) is 16.9 Å². The maximum Gasteiger partial charge on any atom is 0.249 e. The van der Waals surface area contributed by atoms with E-state index in [0.717, 1.165) is 22.2 Å². The van der Waals surface area contributed by atoms with Crippen LogP contribution < -0.4 is 16.8 Å². The second-order valence-corrected chi connectivity index (χ2v) is 6.68. The van der Waals surface area contributed by atoms with Gasteiger partial charge < -0.3 is 16.8 Å². The van der Waals surface area contributed by atoms with Gasteiger partial charge in [0.2, 0.25) is 11.9 Å². The SMILES string of the molecule is Cc1cc2c(C(N)=O)cccc2n1-c1ncc(N)c(NCc2cccc(F)c2)n1. The third-order valence-electron chi connectivity index (χ3n) is 4.65. The van der Waals surface area contributed by atoms with Gasteiger partial charge in [0.1, 0.15) is 5.82 Å². The smallest absolute Gasteiger partial charge is 0.249 e. The van der Waals surface area contributed by atoms with E-state index in [9.17, 15) is 9.18 Å². The van der Waals surface area contributed by atoms with Gasteiger partial charge in [-0.1, -0.05) is 18.2 Å². The largest absolute Gasteiger partial charge is 0.394 e. The van der Waals surface area contributed by atoms with Crippen molar-refractivity contribution in [2.24, 2.45) is 5.73 Å². The Balaban J connectivity index is 1.73. The van der Waals surface area contributed by atoms with Crippen molar-refractivity contribution in [2.75, 3.05) is 11.1 Å². The Hall–Kier alpha value is -3.94. The average molecular weight is 390 g/mol. The number of anilines is 2. The molecule has 0 aliphatic rings. The summed E-state index contributed by atoms with van der Waals surface area (Å²) in [5.74, 6) is 0.0328. The number of nitrogens with zero attached hydrogens (tertiary/aromatic N) is 3. The van der Waals surface area contributed by atoms with Crippen molar-refractivity contribution >= 4 is 28.3 Å². The molecule has 0 saturated carbocycles. The van der Waals surface area contributed by atoms with E-state index in [-0.39, 0.29) is 5.82 Å². The normalized spacial score (nSPS) is 11.0. The fourth-order valence-corrected chi connectivity index (χ4v) is 3.31. The highest BCUT2D eigenvalue weighted by molar-refractivity contribution is 6.06. The summed E-state index contributed by atoms with van der Waals surface area (Å²) < 4.78 is 15.2. The maximum absolute atomic E-state index is 13.4. The number of halogens is 1. The van der Waals surface area contributed by atoms with Gasteiger partial charge in [0.15, 0.2) is 5.82 Å². The van der Waals surface area contributed by atoms with Crippen LogP contribution in [-0.2, 0) is 6.54 Å². The molecular weight excluding hydrogens is 371 g/mol. The molecular formula is C21H19FN6O. The zero-order valence-electron chi connectivity index (χ0n) is 15.7. The maximum atomic E-state index is 13.4. The number of hydrogen-bond donors (Lipinski definition) is 3. The van der Waals surface area contributed by atoms with Gasteiger partial charge in [0, 0.05) is 23.2 Å². The molecule has 0 unspecified atom stereocenters. The summed E-state index contributed by atoms with van der Waals surface area (Å²) in [6, 6.07) is 13.5. The van der Waals surface area contributed by atoms with Gasteiger partial charge in [0.25, 0.3) is 0 Å². The fourth-order valence-electron chi connectivity index (χ4n) is 3.31. The molecule has 4 aromatic rings. The molecule has 8 heteroatoms. The first kappa shape index (κ1) is 18.4. The number of fused-ring (bicyclic) bond motifs is 1. The topological polar surface area (TPSA) is 112 Å². The Morgan fingerprint density at radius 3 is 2.76 bits per heavy atom. The summed E-state index contributed by atoms with van der Waals surface area (Å²) in [7, 11) is 0. The van der Waals surface area contributed by atoms with Crippen molar-refractivity contribution in [3.63, 3.8) is 0 Å². The Kier molecular flexibility index (Phi) is 4.59. The van der Waals surface area contributed by atoms with Crippen molar-refractivity contribution in [3.05, 3.63) is 77.4 Å². The number of aryl methyl sites for hydroxylation is 1. The van der Waals surface area contributed by atoms with Crippen LogP contribution >= 0.6 is 0 Å². The van der Waals surface area contributed by atoms with Gasteiger partial charge in [-0.25, -0.2) is 9.37 Å². The molecule has 0 saturated heterocycles. The van der Waals surface area contributed by atoms with Gasteiger partial charge in [-0.05, 0) is 42.8 Å². The molecule has 0 fully saturated rings. The molecule has 4 rings (SSSR count). The number of carbonyl (C=O) groups is 1. The highest BCUT2D eigenvalue weighted by Gasteiger charge is 2.16. The Morgan fingerprint density at radius 1 is 1.21 bits per heavy atom. The molecule has 0 atom stereocenters. The first-order valence-corrected chi connectivity index (χ1v) is 8.96. The molecule has 2 aromatic carbocycles. The number of primary amides is 1. The van der Waals surface area contributed by atoms with Crippen LogP contribution in [0.15, 0.2) is 54.7 Å². The molecule has 2 aromatic heterocycles. The van der Waals surface area contributed by atoms with E-state index in [2.05, 4.69) is 15.3 Å². The Bertz CT molecular complexity index is 1230. The van der Waals surface area contributed by atoms with Gasteiger partial charge >= 0.3 is 0 Å². The van der Waals surface area contributed by atoms with E-state index in [1.807, 2.05) is 29.7 Å². The van der Waals surface area contributed by atoms with E-state index in [0.29, 0.717) is 29.6 Å². The minimum atomic E-state index is -0.497. The summed E-state index contributed by atoms with van der Waals surface area (Å²) in [6.07, 6.45) is 1.51. The zero-order valence-corrected chi connectivity index (χ0v) is 15.7. The number of aromatic nitrogens is 3. The minimum Gasteiger partial charge on any atom is -0.394 e. The van der Waals surface area contributed by atoms with Crippen molar-refractivity contribution in [3.8, 4) is 5.95 Å². The zero-order chi connectivity index (χ0) is 20.5. The molecule has 5 N–H and O–H groups in total. The van der Waals surface area contributed by atoms with Crippen LogP contribution in [0.3, 0.4) is 0 Å². The lowest BCUT2D eigenvalue weighted by molar-refractivity contribution is 0.100. The van der Waals surface area contributed by atoms with Crippen LogP contribution in [-0.4, -0.2) is 20.4 Å². The summed E-state index contributed by atoms with van der Waals surface area (Å²) in [4.78, 5) is 20.6. The van der Waals surface area contributed by atoms with E-state index >= 15 is 0 Å². The van der Waals surface area contributed by atoms with Crippen molar-refractivity contribution in [1.29, 1.82) is 0 Å². The number of carbonyl (C=O) groups excluding carboxylic acids is 1. The molecule has 0 aliphatic heterocycles. The van der Waals surface area contributed by atoms with Crippen LogP contribution in [0.1, 0.15) is 21.6 Å². The number of amides is 1. The molecule has 7 nitrogen and oxygen atoms in total. The van der Waals surface area contributed by atoms with E-state index in [1.165, 1.54) is 18.3 Å². The lowest BCUT2D eigenvalue weighted by atomic mass is 10.1. The van der Waals surface area contributed by atoms with Crippen LogP contribution in [0.2, 0.25) is 0 Å². The summed E-state index contributed by atoms with van der Waals surface area (Å²) >= 11 is 0. The lowest BCUT2D eigenvalue weighted by Crippen LogP contribution is -2.11. The van der Waals surface area contributed by atoms with E-state index in [1.54, 1.807) is 18.2 Å². The highest BCUT2D eigenvalue weighted by atomic mass is 19.1. The van der Waals surface area contributed by atoms with Crippen LogP contribution in [0.4, 0.5) is 15.9 Å². The third-order valence-corrected chi connectivity index (χ3v) is 4.65. The number of nitrogens with one attached hydrogen (secondary N) is 1. The number of nitrogens with two attached hydrogens (primary N) is 2. The minimum absolute atomic E-state index is 0.305. The van der Waals surface area contributed by atoms with E-state index < -0.39 is 5.91 Å². The van der Waals surface area contributed by atoms with Crippen LogP contribution in [0.5, 0.6) is 0 Å². The predicted molar refractivity (Wildman–Crippen MR) is 110 cm³/mol. The van der Waals surface area contributed by atoms with Gasteiger partial charge in [-0.2, -0.15) is 4.98 Å². The molecule has 0 radical (unpaired) electrons. The van der Waals surface area contributed by atoms with Crippen LogP contribution in [0, 0.1) is 12.7 Å². The second-order valence-electron chi connectivity index (χ2n) is 6.68. The number of nitrogen functional groups attached to an aromatic ring is 1. The summed E-state index contributed by atoms with van der Waals surface area (Å²) in [5, 5.41) is 3.85. The van der Waals surface area contributed by atoms with Crippen molar-refractivity contribution in [1.82, 2.24) is 14.5 Å². The van der Waals surface area contributed by atoms with Gasteiger partial charge in [-0.3, -0.25) is 9.36 Å². The monoisotopic (exact) mass is 390 g/mol. The Morgan fingerprint density at radius 2 is 2.00 bits per heavy atom. The van der Waals surface area contributed by atoms with Gasteiger partial charge in [0.05, 0.1) is 17.4 Å². The van der Waals surface area contributed by atoms with Gasteiger partial charge in [-0.15, -0.1) is 0 Å². The van der Waals surface area contributed by atoms with Crippen molar-refractivity contribution in [2.45, 2.75) is 13.5 Å². The highest BCUT2D eigenvalue weighted by Crippen LogP contribution is 2.27. The lowest BCUT2D eigenvalue weighted by Gasteiger charge is -2.12. The average Bonchev–Trinajstić information content (AvgIpc) is 3.03. The fraction of sp³-hybridized carbons (Fsp3) is 0.0952. The molecule has 1 amide bonds. The Labute approximate surface area is 166 Å². The summed E-state index contributed by atoms with van der Waals surface area (Å²) in [6.45, 7) is 2.25. The molecule has 146 valence electrons. The van der Waals surface area contributed by atoms with E-state index in [4.69, 9.17) is 11.5 Å². The number of hydrogen-bond acceptors (Lipinski definition) is 5. The third kappa shape index (κ3) is 3.47. The second kappa shape index (κ2) is 7.23. The van der Waals surface area contributed by atoms with Crippen molar-refractivity contribution < 1.29 is 9.18 Å². The first-order valence-electron chi connectivity index (χ1n) is 8.96. The first-order chi connectivity index (χ1) is 13.9. The number of benzene rings is 2. The predicted octanol–water partition coefficient (Wildman–Crippen LogP) is 3.16. The molecule has 0 bridgehead atoms. The summed E-state index contributed by atoms with van der Waals surface area (Å²) in [5.41, 5.74) is 14.7.